The number of carbonyl (C=O) groups is 2. The number of carbonyl (C=O) groups excluding carboxylic acids is 2. The Morgan fingerprint density at radius 2 is 1.93 bits per heavy atom. The number of aryl methyl sites for hydroxylation is 2. The maximum Gasteiger partial charge on any atom is 0.263 e. The predicted molar refractivity (Wildman–Crippen MR) is 155 cm³/mol. The molecule has 3 aromatic heterocycles. The monoisotopic (exact) mass is 569 g/mol. The second-order valence-corrected chi connectivity index (χ2v) is 11.4. The van der Waals surface area contributed by atoms with Crippen LogP contribution >= 0.6 is 0 Å². The number of fused-ring (bicyclic) bond motifs is 6. The molecule has 1 aromatic carbocycles. The minimum absolute atomic E-state index is 0.00299. The molecule has 1 saturated heterocycles. The number of likely N-dealkylation sites (N-methyl/N-ethyl adjacent to an activating group) is 1. The highest BCUT2D eigenvalue weighted by Crippen LogP contribution is 2.33. The number of likely N-dealkylation sites (tertiary alicyclic amines) is 1. The topological polar surface area (TPSA) is 123 Å². The van der Waals surface area contributed by atoms with Crippen LogP contribution in [-0.4, -0.2) is 84.2 Å². The molecule has 6 rings (SSSR count). The number of aromatic nitrogens is 6. The summed E-state index contributed by atoms with van der Waals surface area (Å²) in [6.07, 6.45) is 7.57. The molecule has 0 spiro atoms. The summed E-state index contributed by atoms with van der Waals surface area (Å²) in [6, 6.07) is 9.41. The van der Waals surface area contributed by atoms with Crippen molar-refractivity contribution >= 4 is 11.8 Å². The molecule has 4 aromatic rings. The van der Waals surface area contributed by atoms with Crippen LogP contribution in [0, 0.1) is 19.8 Å². The number of nitrogens with one attached hydrogen (secondary N) is 1. The summed E-state index contributed by atoms with van der Waals surface area (Å²) in [5.74, 6) is -0.463. The van der Waals surface area contributed by atoms with E-state index in [9.17, 15) is 14.4 Å². The molecular formula is C30H35N9O3. The number of amides is 2. The number of hydrogen-bond donors (Lipinski definition) is 1. The molecule has 2 aliphatic rings. The number of benzene rings is 1. The molecule has 1 fully saturated rings. The van der Waals surface area contributed by atoms with Gasteiger partial charge in [0.25, 0.3) is 11.5 Å². The van der Waals surface area contributed by atoms with Gasteiger partial charge in [0.15, 0.2) is 0 Å². The van der Waals surface area contributed by atoms with E-state index < -0.39 is 0 Å². The van der Waals surface area contributed by atoms with E-state index >= 15 is 0 Å². The van der Waals surface area contributed by atoms with Crippen molar-refractivity contribution in [1.82, 2.24) is 44.5 Å². The van der Waals surface area contributed by atoms with Gasteiger partial charge in [0, 0.05) is 70.7 Å². The Labute approximate surface area is 243 Å². The van der Waals surface area contributed by atoms with Crippen molar-refractivity contribution in [2.75, 3.05) is 33.2 Å². The second kappa shape index (κ2) is 11.4. The van der Waals surface area contributed by atoms with E-state index in [4.69, 9.17) is 0 Å². The molecule has 0 unspecified atom stereocenters. The predicted octanol–water partition coefficient (Wildman–Crippen LogP) is 1.56. The fraction of sp³-hybridized carbons (Fsp3) is 0.400. The van der Waals surface area contributed by atoms with E-state index in [0.29, 0.717) is 44.8 Å². The van der Waals surface area contributed by atoms with Crippen molar-refractivity contribution in [2.24, 2.45) is 5.92 Å². The Morgan fingerprint density at radius 3 is 2.74 bits per heavy atom. The molecule has 12 nitrogen and oxygen atoms in total. The van der Waals surface area contributed by atoms with Crippen LogP contribution < -0.4 is 10.9 Å². The molecule has 2 amide bonds. The average molecular weight is 570 g/mol. The first-order valence-corrected chi connectivity index (χ1v) is 14.2. The average Bonchev–Trinajstić information content (AvgIpc) is 3.72. The summed E-state index contributed by atoms with van der Waals surface area (Å²) >= 11 is 0. The Balaban J connectivity index is 1.31. The third kappa shape index (κ3) is 5.49. The smallest absolute Gasteiger partial charge is 0.263 e. The molecule has 5 heterocycles. The molecule has 218 valence electrons. The normalized spacial score (nSPS) is 20.0. The van der Waals surface area contributed by atoms with Crippen LogP contribution in [0.4, 0.5) is 0 Å². The van der Waals surface area contributed by atoms with Crippen molar-refractivity contribution in [3.63, 3.8) is 0 Å². The van der Waals surface area contributed by atoms with Crippen molar-refractivity contribution in [3.8, 4) is 5.69 Å². The molecule has 2 atom stereocenters. The minimum atomic E-state index is -0.383. The lowest BCUT2D eigenvalue weighted by atomic mass is 9.99. The van der Waals surface area contributed by atoms with E-state index in [0.717, 1.165) is 5.69 Å². The zero-order valence-electron chi connectivity index (χ0n) is 24.1. The van der Waals surface area contributed by atoms with Crippen LogP contribution in [-0.2, 0) is 17.9 Å². The van der Waals surface area contributed by atoms with Gasteiger partial charge in [0.05, 0.1) is 24.5 Å². The number of rotatable bonds is 3. The SMILES string of the molecule is Cc1cc(C)c(CN2C[C@@H]3CC(=O)NCCN(C)C(=O)c4cccn(c4=O)Cc4cn(nn4)[C@@H]3C2)c(-n2cccn2)c1. The van der Waals surface area contributed by atoms with E-state index in [1.54, 1.807) is 25.5 Å². The van der Waals surface area contributed by atoms with Gasteiger partial charge in [-0.1, -0.05) is 11.3 Å². The zero-order chi connectivity index (χ0) is 29.4. The first kappa shape index (κ1) is 27.6. The summed E-state index contributed by atoms with van der Waals surface area (Å²) in [5, 5.41) is 16.3. The van der Waals surface area contributed by atoms with Gasteiger partial charge in [-0.25, -0.2) is 9.36 Å². The van der Waals surface area contributed by atoms with Gasteiger partial charge in [0.1, 0.15) is 11.3 Å². The Morgan fingerprint density at radius 1 is 1.07 bits per heavy atom. The van der Waals surface area contributed by atoms with E-state index in [-0.39, 0.29) is 41.4 Å². The van der Waals surface area contributed by atoms with E-state index in [1.807, 2.05) is 27.8 Å². The molecule has 4 bridgehead atoms. The summed E-state index contributed by atoms with van der Waals surface area (Å²) in [6.45, 7) is 7.11. The van der Waals surface area contributed by atoms with Gasteiger partial charge in [-0.05, 0) is 54.8 Å². The lowest BCUT2D eigenvalue weighted by Crippen LogP contribution is -2.39. The molecule has 2 aliphatic heterocycles. The largest absolute Gasteiger partial charge is 0.354 e. The van der Waals surface area contributed by atoms with Gasteiger partial charge in [-0.2, -0.15) is 5.10 Å². The number of hydrogen-bond acceptors (Lipinski definition) is 7. The van der Waals surface area contributed by atoms with Gasteiger partial charge >= 0.3 is 0 Å². The molecule has 0 saturated carbocycles. The van der Waals surface area contributed by atoms with Gasteiger partial charge in [-0.3, -0.25) is 19.3 Å². The van der Waals surface area contributed by atoms with Crippen LogP contribution in [0.2, 0.25) is 0 Å². The third-order valence-corrected chi connectivity index (χ3v) is 8.25. The van der Waals surface area contributed by atoms with Crippen LogP contribution in [0.25, 0.3) is 5.69 Å². The minimum Gasteiger partial charge on any atom is -0.354 e. The lowest BCUT2D eigenvalue weighted by molar-refractivity contribution is -0.122. The van der Waals surface area contributed by atoms with Crippen LogP contribution in [0.15, 0.2) is 59.9 Å². The van der Waals surface area contributed by atoms with E-state index in [1.165, 1.54) is 32.2 Å². The second-order valence-electron chi connectivity index (χ2n) is 11.4. The molecule has 0 aliphatic carbocycles. The maximum atomic E-state index is 13.1. The zero-order valence-corrected chi connectivity index (χ0v) is 24.1. The van der Waals surface area contributed by atoms with Gasteiger partial charge in [-0.15, -0.1) is 5.10 Å². The number of pyridine rings is 1. The fourth-order valence-corrected chi connectivity index (χ4v) is 6.12. The van der Waals surface area contributed by atoms with Crippen LogP contribution in [0.5, 0.6) is 0 Å². The fourth-order valence-electron chi connectivity index (χ4n) is 6.12. The summed E-state index contributed by atoms with van der Waals surface area (Å²) in [4.78, 5) is 43.0. The maximum absolute atomic E-state index is 13.1. The van der Waals surface area contributed by atoms with Crippen LogP contribution in [0.3, 0.4) is 0 Å². The van der Waals surface area contributed by atoms with Gasteiger partial charge in [0.2, 0.25) is 5.91 Å². The Hall–Kier alpha value is -4.58. The highest BCUT2D eigenvalue weighted by molar-refractivity contribution is 5.93. The van der Waals surface area contributed by atoms with Crippen molar-refractivity contribution in [3.05, 3.63) is 93.4 Å². The molecule has 0 radical (unpaired) electrons. The quantitative estimate of drug-likeness (QED) is 0.397. The van der Waals surface area contributed by atoms with E-state index in [2.05, 4.69) is 51.6 Å². The standard InChI is InChI=1S/C30H35N9O3/c1-20-12-21(2)25(26(13-20)38-10-5-7-32-38)18-36-15-22-14-28(40)31-8-11-35(3)29(41)24-6-4-9-37(30(24)42)16-23-17-39(34-33-23)27(22)19-36/h4-7,9-10,12-13,17,22,27H,8,11,14-16,18-19H2,1-3H3,(H,31,40)/t22-,27+/m0/s1. The molecule has 42 heavy (non-hydrogen) atoms. The van der Waals surface area contributed by atoms with Gasteiger partial charge < -0.3 is 14.8 Å². The first-order chi connectivity index (χ1) is 20.3. The lowest BCUT2D eigenvalue weighted by Gasteiger charge is -2.21. The number of nitrogens with zero attached hydrogens (tertiary/aromatic N) is 8. The summed E-state index contributed by atoms with van der Waals surface area (Å²) < 4.78 is 5.23. The first-order valence-electron chi connectivity index (χ1n) is 14.2. The molecular weight excluding hydrogens is 534 g/mol. The highest BCUT2D eigenvalue weighted by atomic mass is 16.2. The van der Waals surface area contributed by atoms with Crippen molar-refractivity contribution < 1.29 is 9.59 Å². The molecule has 1 N–H and O–H groups in total. The summed E-state index contributed by atoms with van der Waals surface area (Å²) in [5.41, 5.74) is 4.92. The van der Waals surface area contributed by atoms with Crippen molar-refractivity contribution in [1.29, 1.82) is 0 Å². The highest BCUT2D eigenvalue weighted by Gasteiger charge is 2.37. The summed E-state index contributed by atoms with van der Waals surface area (Å²) in [7, 11) is 1.63. The Kier molecular flexibility index (Phi) is 7.46. The molecule has 12 heteroatoms. The third-order valence-electron chi connectivity index (χ3n) is 8.25. The Bertz CT molecular complexity index is 1670. The van der Waals surface area contributed by atoms with Crippen LogP contribution in [0.1, 0.15) is 45.2 Å². The van der Waals surface area contributed by atoms with Crippen molar-refractivity contribution in [2.45, 2.75) is 39.4 Å².